The molecule has 100 valence electrons. The molecule has 1 fully saturated rings. The highest BCUT2D eigenvalue weighted by Crippen LogP contribution is 2.26. The summed E-state index contributed by atoms with van der Waals surface area (Å²) in [5, 5.41) is 8.60. The number of amides is 1. The Morgan fingerprint density at radius 3 is 2.84 bits per heavy atom. The normalized spacial score (nSPS) is 13.6. The second kappa shape index (κ2) is 5.85. The van der Waals surface area contributed by atoms with Gasteiger partial charge in [-0.05, 0) is 31.0 Å². The van der Waals surface area contributed by atoms with Gasteiger partial charge in [0.05, 0.1) is 12.2 Å². The van der Waals surface area contributed by atoms with Gasteiger partial charge in [-0.3, -0.25) is 4.79 Å². The Morgan fingerprint density at radius 1 is 1.53 bits per heavy atom. The first kappa shape index (κ1) is 13.6. The van der Waals surface area contributed by atoms with Gasteiger partial charge in [0.2, 0.25) is 0 Å². The Kier molecular flexibility index (Phi) is 4.18. The molecule has 0 atom stereocenters. The van der Waals surface area contributed by atoms with E-state index in [1.807, 2.05) is 0 Å². The molecule has 19 heavy (non-hydrogen) atoms. The predicted molar refractivity (Wildman–Crippen MR) is 70.1 cm³/mol. The van der Waals surface area contributed by atoms with Gasteiger partial charge in [-0.2, -0.15) is 0 Å². The van der Waals surface area contributed by atoms with Gasteiger partial charge in [0, 0.05) is 25.1 Å². The fraction of sp³-hybridized carbons (Fsp3) is 0.400. The molecule has 0 unspecified atom stereocenters. The van der Waals surface area contributed by atoms with Crippen molar-refractivity contribution in [3.63, 3.8) is 0 Å². The lowest BCUT2D eigenvalue weighted by molar-refractivity contribution is 0.0784. The maximum absolute atomic E-state index is 13.8. The van der Waals surface area contributed by atoms with E-state index in [0.29, 0.717) is 18.0 Å². The van der Waals surface area contributed by atoms with Crippen LogP contribution in [-0.4, -0.2) is 35.6 Å². The lowest BCUT2D eigenvalue weighted by atomic mass is 10.1. The van der Waals surface area contributed by atoms with Crippen molar-refractivity contribution >= 4 is 5.91 Å². The molecular weight excluding hydrogens is 245 g/mol. The molecule has 4 heteroatoms. The third-order valence-electron chi connectivity index (χ3n) is 3.09. The Hall–Kier alpha value is -1.86. The van der Waals surface area contributed by atoms with E-state index in [-0.39, 0.29) is 18.1 Å². The van der Waals surface area contributed by atoms with Gasteiger partial charge in [0.1, 0.15) is 5.82 Å². The van der Waals surface area contributed by atoms with Crippen LogP contribution in [0.4, 0.5) is 4.39 Å². The molecule has 1 saturated carbocycles. The average Bonchev–Trinajstić information content (AvgIpc) is 3.23. The number of carbonyl (C=O) groups excluding carboxylic acids is 1. The molecule has 0 aliphatic heterocycles. The summed E-state index contributed by atoms with van der Waals surface area (Å²) in [6, 6.07) is 4.63. The smallest absolute Gasteiger partial charge is 0.253 e. The topological polar surface area (TPSA) is 40.5 Å². The molecule has 0 saturated heterocycles. The number of aliphatic hydroxyl groups is 1. The zero-order valence-electron chi connectivity index (χ0n) is 10.8. The van der Waals surface area contributed by atoms with E-state index in [1.165, 1.54) is 12.1 Å². The Bertz CT molecular complexity index is 541. The van der Waals surface area contributed by atoms with E-state index >= 15 is 0 Å². The molecule has 0 heterocycles. The lowest BCUT2D eigenvalue weighted by Gasteiger charge is -2.16. The molecule has 1 amide bonds. The monoisotopic (exact) mass is 261 g/mol. The number of benzene rings is 1. The molecular formula is C15H16FNO2. The molecule has 0 spiro atoms. The van der Waals surface area contributed by atoms with E-state index in [9.17, 15) is 9.18 Å². The number of carbonyl (C=O) groups is 1. The molecule has 2 rings (SSSR count). The van der Waals surface area contributed by atoms with Crippen LogP contribution in [0.25, 0.3) is 0 Å². The van der Waals surface area contributed by atoms with Crippen molar-refractivity contribution in [1.29, 1.82) is 0 Å². The van der Waals surface area contributed by atoms with E-state index in [4.69, 9.17) is 5.11 Å². The highest BCUT2D eigenvalue weighted by atomic mass is 19.1. The zero-order valence-corrected chi connectivity index (χ0v) is 10.8. The van der Waals surface area contributed by atoms with Crippen LogP contribution in [0.15, 0.2) is 18.2 Å². The largest absolute Gasteiger partial charge is 0.395 e. The minimum atomic E-state index is -0.500. The summed E-state index contributed by atoms with van der Waals surface area (Å²) in [7, 11) is 1.74. The third-order valence-corrected chi connectivity index (χ3v) is 3.09. The Labute approximate surface area is 112 Å². The highest BCUT2D eigenvalue weighted by Gasteiger charge is 2.30. The Balaban J connectivity index is 2.14. The molecule has 1 aromatic carbocycles. The van der Waals surface area contributed by atoms with Crippen LogP contribution in [0.1, 0.15) is 35.2 Å². The van der Waals surface area contributed by atoms with Gasteiger partial charge < -0.3 is 10.0 Å². The molecule has 0 radical (unpaired) electrons. The van der Waals surface area contributed by atoms with Crippen LogP contribution in [-0.2, 0) is 0 Å². The summed E-state index contributed by atoms with van der Waals surface area (Å²) in [5.41, 5.74) is 0.596. The minimum absolute atomic E-state index is 0.0443. The molecule has 0 aromatic heterocycles. The van der Waals surface area contributed by atoms with E-state index < -0.39 is 5.82 Å². The molecule has 1 aliphatic rings. The first-order valence-electron chi connectivity index (χ1n) is 6.30. The SMILES string of the molecule is CN(C(=O)c1ccc(C#CCCO)c(F)c1)C1CC1. The molecule has 1 N–H and O–H groups in total. The van der Waals surface area contributed by atoms with Gasteiger partial charge in [0.15, 0.2) is 0 Å². The van der Waals surface area contributed by atoms with Crippen molar-refractivity contribution in [3.8, 4) is 11.8 Å². The molecule has 0 bridgehead atoms. The highest BCUT2D eigenvalue weighted by molar-refractivity contribution is 5.94. The van der Waals surface area contributed by atoms with Gasteiger partial charge in [-0.1, -0.05) is 11.8 Å². The lowest BCUT2D eigenvalue weighted by Crippen LogP contribution is -2.28. The fourth-order valence-corrected chi connectivity index (χ4v) is 1.79. The first-order valence-corrected chi connectivity index (χ1v) is 6.30. The fourth-order valence-electron chi connectivity index (χ4n) is 1.79. The quantitative estimate of drug-likeness (QED) is 0.843. The zero-order chi connectivity index (χ0) is 13.8. The number of aliphatic hydroxyl groups excluding tert-OH is 1. The Morgan fingerprint density at radius 2 is 2.26 bits per heavy atom. The number of nitrogens with zero attached hydrogens (tertiary/aromatic N) is 1. The van der Waals surface area contributed by atoms with E-state index in [0.717, 1.165) is 12.8 Å². The standard InChI is InChI=1S/C15H16FNO2/c1-17(13-7-8-13)15(19)12-6-5-11(14(16)10-12)4-2-3-9-18/h5-6,10,13,18H,3,7-9H2,1H3. The first-order chi connectivity index (χ1) is 9.13. The number of halogens is 1. The number of rotatable bonds is 3. The summed E-state index contributed by atoms with van der Waals surface area (Å²) < 4.78 is 13.8. The number of hydrogen-bond donors (Lipinski definition) is 1. The third kappa shape index (κ3) is 3.33. The number of hydrogen-bond acceptors (Lipinski definition) is 2. The molecule has 1 aliphatic carbocycles. The summed E-state index contributed by atoms with van der Waals surface area (Å²) in [6.45, 7) is -0.0443. The summed E-state index contributed by atoms with van der Waals surface area (Å²) >= 11 is 0. The maximum atomic E-state index is 13.8. The van der Waals surface area contributed by atoms with Crippen LogP contribution in [0.2, 0.25) is 0 Å². The van der Waals surface area contributed by atoms with Crippen molar-refractivity contribution in [1.82, 2.24) is 4.90 Å². The van der Waals surface area contributed by atoms with Crippen LogP contribution in [0.5, 0.6) is 0 Å². The molecule has 3 nitrogen and oxygen atoms in total. The summed E-state index contributed by atoms with van der Waals surface area (Å²) in [4.78, 5) is 13.7. The van der Waals surface area contributed by atoms with Crippen molar-refractivity contribution in [2.24, 2.45) is 0 Å². The van der Waals surface area contributed by atoms with E-state index in [1.54, 1.807) is 18.0 Å². The molecule has 1 aromatic rings. The van der Waals surface area contributed by atoms with Crippen molar-refractivity contribution in [3.05, 3.63) is 35.1 Å². The predicted octanol–water partition coefficient (Wildman–Crippen LogP) is 1.79. The summed E-state index contributed by atoms with van der Waals surface area (Å²) in [6.07, 6.45) is 2.36. The van der Waals surface area contributed by atoms with Crippen LogP contribution in [0, 0.1) is 17.7 Å². The van der Waals surface area contributed by atoms with E-state index in [2.05, 4.69) is 11.8 Å². The van der Waals surface area contributed by atoms with Crippen LogP contribution < -0.4 is 0 Å². The van der Waals surface area contributed by atoms with Crippen LogP contribution in [0.3, 0.4) is 0 Å². The second-order valence-electron chi connectivity index (χ2n) is 4.62. The van der Waals surface area contributed by atoms with Crippen LogP contribution >= 0.6 is 0 Å². The van der Waals surface area contributed by atoms with Gasteiger partial charge >= 0.3 is 0 Å². The maximum Gasteiger partial charge on any atom is 0.253 e. The average molecular weight is 261 g/mol. The van der Waals surface area contributed by atoms with Gasteiger partial charge in [-0.15, -0.1) is 0 Å². The van der Waals surface area contributed by atoms with Crippen molar-refractivity contribution in [2.45, 2.75) is 25.3 Å². The van der Waals surface area contributed by atoms with Gasteiger partial charge in [-0.25, -0.2) is 4.39 Å². The van der Waals surface area contributed by atoms with Gasteiger partial charge in [0.25, 0.3) is 5.91 Å². The second-order valence-corrected chi connectivity index (χ2v) is 4.62. The summed E-state index contributed by atoms with van der Waals surface area (Å²) in [5.74, 6) is 4.64. The van der Waals surface area contributed by atoms with Crippen molar-refractivity contribution in [2.75, 3.05) is 13.7 Å². The van der Waals surface area contributed by atoms with Crippen molar-refractivity contribution < 1.29 is 14.3 Å². The minimum Gasteiger partial charge on any atom is -0.395 e.